The van der Waals surface area contributed by atoms with Crippen LogP contribution in [-0.2, 0) is 14.3 Å². The minimum atomic E-state index is -0.360. The minimum Gasteiger partial charge on any atom is -0.468 e. The van der Waals surface area contributed by atoms with Crippen molar-refractivity contribution in [3.8, 4) is 0 Å². The lowest BCUT2D eigenvalue weighted by atomic mass is 10.1. The summed E-state index contributed by atoms with van der Waals surface area (Å²) in [6.07, 6.45) is 0.149. The van der Waals surface area contributed by atoms with E-state index in [0.29, 0.717) is 12.5 Å². The van der Waals surface area contributed by atoms with Crippen LogP contribution in [0.1, 0.15) is 27.7 Å². The van der Waals surface area contributed by atoms with E-state index in [-0.39, 0.29) is 18.1 Å². The third kappa shape index (κ3) is 5.74. The van der Waals surface area contributed by atoms with Crippen molar-refractivity contribution < 1.29 is 14.3 Å². The molecule has 0 saturated carbocycles. The van der Waals surface area contributed by atoms with Crippen LogP contribution in [0.2, 0.25) is 0 Å². The molecule has 2 atom stereocenters. The van der Waals surface area contributed by atoms with Crippen molar-refractivity contribution in [3.05, 3.63) is 0 Å². The Hall–Kier alpha value is -0.610. The van der Waals surface area contributed by atoms with Gasteiger partial charge in [-0.25, -0.2) is 0 Å². The zero-order chi connectivity index (χ0) is 11.8. The van der Waals surface area contributed by atoms with Gasteiger partial charge in [-0.1, -0.05) is 20.8 Å². The van der Waals surface area contributed by atoms with Gasteiger partial charge in [0, 0.05) is 0 Å². The normalized spacial score (nSPS) is 15.1. The summed E-state index contributed by atoms with van der Waals surface area (Å²) < 4.78 is 10.3. The topological polar surface area (TPSA) is 47.6 Å². The molecular weight excluding hydrogens is 194 g/mol. The Morgan fingerprint density at radius 3 is 2.33 bits per heavy atom. The van der Waals surface area contributed by atoms with Crippen molar-refractivity contribution in [1.29, 1.82) is 0 Å². The third-order valence-electron chi connectivity index (χ3n) is 2.40. The van der Waals surface area contributed by atoms with Gasteiger partial charge in [-0.3, -0.25) is 4.79 Å². The molecule has 0 aromatic rings. The first-order valence-electron chi connectivity index (χ1n) is 5.45. The van der Waals surface area contributed by atoms with Gasteiger partial charge >= 0.3 is 5.97 Å². The van der Waals surface area contributed by atoms with E-state index in [9.17, 15) is 4.79 Å². The second kappa shape index (κ2) is 7.65. The Morgan fingerprint density at radius 2 is 1.93 bits per heavy atom. The van der Waals surface area contributed by atoms with Crippen LogP contribution in [0, 0.1) is 5.92 Å². The van der Waals surface area contributed by atoms with Crippen molar-refractivity contribution in [2.45, 2.75) is 39.8 Å². The maximum absolute atomic E-state index is 11.3. The molecule has 0 aliphatic rings. The van der Waals surface area contributed by atoms with Gasteiger partial charge in [-0.15, -0.1) is 0 Å². The molecular formula is C11H23NO3. The first-order valence-corrected chi connectivity index (χ1v) is 5.45. The van der Waals surface area contributed by atoms with E-state index in [1.165, 1.54) is 7.11 Å². The molecule has 0 bridgehead atoms. The molecule has 0 radical (unpaired) electrons. The number of carbonyl (C=O) groups is 1. The molecule has 0 amide bonds. The summed E-state index contributed by atoms with van der Waals surface area (Å²) in [5, 5.41) is 3.03. The first-order chi connectivity index (χ1) is 7.02. The van der Waals surface area contributed by atoms with Gasteiger partial charge in [-0.2, -0.15) is 0 Å². The second-order valence-electron chi connectivity index (χ2n) is 3.92. The van der Waals surface area contributed by atoms with Crippen molar-refractivity contribution in [1.82, 2.24) is 5.32 Å². The van der Waals surface area contributed by atoms with Crippen LogP contribution >= 0.6 is 0 Å². The smallest absolute Gasteiger partial charge is 0.325 e. The molecule has 0 aliphatic heterocycles. The number of carbonyl (C=O) groups excluding carboxylic acids is 1. The quantitative estimate of drug-likeness (QED) is 0.651. The Bertz CT molecular complexity index is 183. The number of nitrogens with one attached hydrogen (secondary N) is 1. The summed E-state index contributed by atoms with van der Waals surface area (Å²) in [7, 11) is 1.39. The molecule has 0 heterocycles. The molecule has 1 N–H and O–H groups in total. The fourth-order valence-electron chi connectivity index (χ4n) is 1.04. The minimum absolute atomic E-state index is 0.149. The molecule has 0 aromatic heterocycles. The Labute approximate surface area is 92.3 Å². The summed E-state index contributed by atoms with van der Waals surface area (Å²) in [5.41, 5.74) is 0. The van der Waals surface area contributed by atoms with Crippen LogP contribution in [0.4, 0.5) is 0 Å². The van der Waals surface area contributed by atoms with E-state index in [4.69, 9.17) is 4.74 Å². The lowest BCUT2D eigenvalue weighted by Crippen LogP contribution is -2.42. The number of likely N-dealkylation sites (N-methyl/N-ethyl adjacent to an activating group) is 1. The predicted molar refractivity (Wildman–Crippen MR) is 59.7 cm³/mol. The number of hydrogen-bond donors (Lipinski definition) is 1. The lowest BCUT2D eigenvalue weighted by Gasteiger charge is -2.21. The molecule has 0 saturated heterocycles. The van der Waals surface area contributed by atoms with Crippen LogP contribution in [0.5, 0.6) is 0 Å². The fourth-order valence-corrected chi connectivity index (χ4v) is 1.04. The van der Waals surface area contributed by atoms with E-state index in [2.05, 4.69) is 23.9 Å². The Kier molecular flexibility index (Phi) is 7.34. The maximum atomic E-state index is 11.3. The van der Waals surface area contributed by atoms with E-state index in [0.717, 1.165) is 6.54 Å². The summed E-state index contributed by atoms with van der Waals surface area (Å²) in [6.45, 7) is 9.21. The van der Waals surface area contributed by atoms with Crippen LogP contribution < -0.4 is 5.32 Å². The van der Waals surface area contributed by atoms with Crippen molar-refractivity contribution in [3.63, 3.8) is 0 Å². The maximum Gasteiger partial charge on any atom is 0.325 e. The number of rotatable bonds is 7. The average molecular weight is 217 g/mol. The molecule has 0 fully saturated rings. The molecule has 0 aliphatic carbocycles. The van der Waals surface area contributed by atoms with Gasteiger partial charge in [0.05, 0.1) is 19.8 Å². The summed E-state index contributed by atoms with van der Waals surface area (Å²) in [5.74, 6) is 0.178. The molecule has 0 rings (SSSR count). The predicted octanol–water partition coefficient (Wildman–Crippen LogP) is 1.20. The van der Waals surface area contributed by atoms with Crippen LogP contribution in [0.25, 0.3) is 0 Å². The molecule has 0 spiro atoms. The lowest BCUT2D eigenvalue weighted by molar-refractivity contribution is -0.145. The molecule has 2 unspecified atom stereocenters. The summed E-state index contributed by atoms with van der Waals surface area (Å²) in [4.78, 5) is 11.3. The van der Waals surface area contributed by atoms with Crippen molar-refractivity contribution >= 4 is 5.97 Å². The molecule has 0 aromatic carbocycles. The molecule has 4 nitrogen and oxygen atoms in total. The standard InChI is InChI=1S/C11H23NO3/c1-6-12-10(11(13)14-5)7-15-9(4)8(2)3/h8-10,12H,6-7H2,1-5H3. The highest BCUT2D eigenvalue weighted by molar-refractivity contribution is 5.75. The van der Waals surface area contributed by atoms with E-state index < -0.39 is 0 Å². The van der Waals surface area contributed by atoms with E-state index >= 15 is 0 Å². The van der Waals surface area contributed by atoms with Crippen LogP contribution in [-0.4, -0.2) is 38.4 Å². The highest BCUT2D eigenvalue weighted by Gasteiger charge is 2.19. The van der Waals surface area contributed by atoms with E-state index in [1.54, 1.807) is 0 Å². The zero-order valence-electron chi connectivity index (χ0n) is 10.4. The highest BCUT2D eigenvalue weighted by Crippen LogP contribution is 2.05. The SMILES string of the molecule is CCNC(COC(C)C(C)C)C(=O)OC. The average Bonchev–Trinajstić information content (AvgIpc) is 2.22. The van der Waals surface area contributed by atoms with Gasteiger partial charge in [0.1, 0.15) is 6.04 Å². The monoisotopic (exact) mass is 217 g/mol. The van der Waals surface area contributed by atoms with E-state index in [1.807, 2.05) is 13.8 Å². The summed E-state index contributed by atoms with van der Waals surface area (Å²) >= 11 is 0. The Balaban J connectivity index is 4.00. The van der Waals surface area contributed by atoms with Gasteiger partial charge in [-0.05, 0) is 19.4 Å². The van der Waals surface area contributed by atoms with Gasteiger partial charge in [0.2, 0.25) is 0 Å². The fraction of sp³-hybridized carbons (Fsp3) is 0.909. The molecule has 15 heavy (non-hydrogen) atoms. The van der Waals surface area contributed by atoms with Crippen molar-refractivity contribution in [2.75, 3.05) is 20.3 Å². The number of ether oxygens (including phenoxy) is 2. The van der Waals surface area contributed by atoms with Crippen LogP contribution in [0.15, 0.2) is 0 Å². The Morgan fingerprint density at radius 1 is 1.33 bits per heavy atom. The van der Waals surface area contributed by atoms with Crippen molar-refractivity contribution in [2.24, 2.45) is 5.92 Å². The third-order valence-corrected chi connectivity index (χ3v) is 2.40. The zero-order valence-corrected chi connectivity index (χ0v) is 10.4. The highest BCUT2D eigenvalue weighted by atomic mass is 16.5. The summed E-state index contributed by atoms with van der Waals surface area (Å²) in [6, 6.07) is -0.360. The second-order valence-corrected chi connectivity index (χ2v) is 3.92. The van der Waals surface area contributed by atoms with Gasteiger partial charge < -0.3 is 14.8 Å². The molecule has 90 valence electrons. The number of esters is 1. The number of hydrogen-bond acceptors (Lipinski definition) is 4. The molecule has 4 heteroatoms. The number of methoxy groups -OCH3 is 1. The van der Waals surface area contributed by atoms with Gasteiger partial charge in [0.15, 0.2) is 0 Å². The van der Waals surface area contributed by atoms with Gasteiger partial charge in [0.25, 0.3) is 0 Å². The van der Waals surface area contributed by atoms with Crippen LogP contribution in [0.3, 0.4) is 0 Å². The first kappa shape index (κ1) is 14.4. The largest absolute Gasteiger partial charge is 0.468 e.